The summed E-state index contributed by atoms with van der Waals surface area (Å²) < 4.78 is 0. The average molecular weight is 123 g/mol. The summed E-state index contributed by atoms with van der Waals surface area (Å²) in [6, 6.07) is 0. The van der Waals surface area contributed by atoms with Crippen molar-refractivity contribution in [3.05, 3.63) is 0 Å². The summed E-state index contributed by atoms with van der Waals surface area (Å²) in [5.74, 6) is -1.25. The van der Waals surface area contributed by atoms with E-state index in [1.165, 1.54) is 0 Å². The van der Waals surface area contributed by atoms with E-state index in [2.05, 4.69) is 0 Å². The van der Waals surface area contributed by atoms with Crippen molar-refractivity contribution < 1.29 is 30.2 Å². The van der Waals surface area contributed by atoms with Crippen LogP contribution in [0.5, 0.6) is 0 Å². The number of carboxylic acids is 1. The first-order valence-electron chi connectivity index (χ1n) is 2.40. The molecule has 0 amide bonds. The van der Waals surface area contributed by atoms with Crippen molar-refractivity contribution in [3.8, 4) is 0 Å². The Hall–Kier alpha value is -0.263. The van der Waals surface area contributed by atoms with E-state index in [0.29, 0.717) is 6.42 Å². The molecule has 0 aliphatic carbocycles. The smallest absolute Gasteiger partial charge is 1.00 e. The number of rotatable bonds is 3. The van der Waals surface area contributed by atoms with Gasteiger partial charge in [-0.05, 0) is 12.6 Å². The van der Waals surface area contributed by atoms with E-state index in [9.17, 15) is 4.79 Å². The molecule has 0 aromatic carbocycles. The second-order valence-corrected chi connectivity index (χ2v) is 1.68. The van der Waals surface area contributed by atoms with Crippen LogP contribution in [0, 0.1) is 11.3 Å². The van der Waals surface area contributed by atoms with Crippen LogP contribution in [0.3, 0.4) is 0 Å². The SMILES string of the molecule is CC(CC=N)C(=O)O.[H-].[Li+]. The van der Waals surface area contributed by atoms with Gasteiger partial charge in [0.25, 0.3) is 0 Å². The molecule has 0 saturated carbocycles. The Balaban J connectivity index is -0.000000245. The molecule has 0 aliphatic rings. The standard InChI is InChI=1S/C5H9NO2.Li.H/c1-4(2-3-6)5(7)8;;/h3-4,6H,2H2,1H3,(H,7,8);;/q;+1;-1. The maximum Gasteiger partial charge on any atom is 1.00 e. The molecule has 0 bridgehead atoms. The van der Waals surface area contributed by atoms with Crippen LogP contribution >= 0.6 is 0 Å². The molecule has 0 radical (unpaired) electrons. The summed E-state index contributed by atoms with van der Waals surface area (Å²) >= 11 is 0. The zero-order chi connectivity index (χ0) is 6.57. The molecule has 0 rings (SSSR count). The Bertz CT molecular complexity index is 110. The van der Waals surface area contributed by atoms with Gasteiger partial charge in [-0.2, -0.15) is 0 Å². The maximum absolute atomic E-state index is 9.99. The minimum Gasteiger partial charge on any atom is -1.00 e. The largest absolute Gasteiger partial charge is 1.00 e. The molecular formula is C5H10LiNO2. The van der Waals surface area contributed by atoms with Gasteiger partial charge in [0.15, 0.2) is 0 Å². The van der Waals surface area contributed by atoms with Gasteiger partial charge in [0, 0.05) is 0 Å². The summed E-state index contributed by atoms with van der Waals surface area (Å²) in [6.45, 7) is 1.58. The minimum atomic E-state index is -0.839. The first-order chi connectivity index (χ1) is 3.68. The zero-order valence-corrected chi connectivity index (χ0v) is 5.72. The van der Waals surface area contributed by atoms with E-state index < -0.39 is 11.9 Å². The normalized spacial score (nSPS) is 11.2. The van der Waals surface area contributed by atoms with Crippen LogP contribution < -0.4 is 18.9 Å². The molecule has 0 heterocycles. The summed E-state index contributed by atoms with van der Waals surface area (Å²) in [5, 5.41) is 14.7. The molecule has 0 aliphatic heterocycles. The first-order valence-corrected chi connectivity index (χ1v) is 2.40. The minimum absolute atomic E-state index is 0. The predicted octanol–water partition coefficient (Wildman–Crippen LogP) is -2.14. The Labute approximate surface area is 67.6 Å². The van der Waals surface area contributed by atoms with E-state index in [4.69, 9.17) is 10.5 Å². The summed E-state index contributed by atoms with van der Waals surface area (Å²) in [7, 11) is 0. The van der Waals surface area contributed by atoms with Gasteiger partial charge in [-0.15, -0.1) is 0 Å². The number of hydrogen-bond donors (Lipinski definition) is 2. The van der Waals surface area contributed by atoms with Crippen LogP contribution in [0.4, 0.5) is 0 Å². The molecule has 1 unspecified atom stereocenters. The summed E-state index contributed by atoms with van der Waals surface area (Å²) in [6.07, 6.45) is 1.44. The Kier molecular flexibility index (Phi) is 7.51. The molecular weight excluding hydrogens is 113 g/mol. The molecule has 4 heteroatoms. The van der Waals surface area contributed by atoms with Crippen molar-refractivity contribution in [2.45, 2.75) is 13.3 Å². The second kappa shape index (κ2) is 5.87. The molecule has 0 aromatic heterocycles. The summed E-state index contributed by atoms with van der Waals surface area (Å²) in [5.41, 5.74) is 0. The molecule has 3 nitrogen and oxygen atoms in total. The Morgan fingerprint density at radius 1 is 2.00 bits per heavy atom. The van der Waals surface area contributed by atoms with E-state index in [-0.39, 0.29) is 20.3 Å². The number of aliphatic carboxylic acids is 1. The first kappa shape index (κ1) is 11.5. The van der Waals surface area contributed by atoms with Gasteiger partial charge in [0.2, 0.25) is 0 Å². The summed E-state index contributed by atoms with van der Waals surface area (Å²) in [4.78, 5) is 9.99. The number of hydrogen-bond acceptors (Lipinski definition) is 2. The van der Waals surface area contributed by atoms with Crippen molar-refractivity contribution in [2.24, 2.45) is 5.92 Å². The van der Waals surface area contributed by atoms with Crippen molar-refractivity contribution in [3.63, 3.8) is 0 Å². The van der Waals surface area contributed by atoms with Gasteiger partial charge in [0.1, 0.15) is 0 Å². The van der Waals surface area contributed by atoms with E-state index >= 15 is 0 Å². The van der Waals surface area contributed by atoms with Crippen LogP contribution in [0.15, 0.2) is 0 Å². The predicted molar refractivity (Wildman–Crippen MR) is 31.3 cm³/mol. The molecule has 9 heavy (non-hydrogen) atoms. The van der Waals surface area contributed by atoms with Crippen LogP contribution in [0.1, 0.15) is 14.8 Å². The fraction of sp³-hybridized carbons (Fsp3) is 0.600. The third-order valence-electron chi connectivity index (χ3n) is 0.893. The van der Waals surface area contributed by atoms with Gasteiger partial charge < -0.3 is 11.9 Å². The quantitative estimate of drug-likeness (QED) is 0.332. The molecule has 0 spiro atoms. The number of carboxylic acid groups (broad SMARTS) is 1. The maximum atomic E-state index is 9.99. The topological polar surface area (TPSA) is 61.2 Å². The van der Waals surface area contributed by atoms with Crippen molar-refractivity contribution in [2.75, 3.05) is 0 Å². The van der Waals surface area contributed by atoms with E-state index in [1.807, 2.05) is 0 Å². The molecule has 0 aromatic rings. The van der Waals surface area contributed by atoms with Crippen LogP contribution in [0.25, 0.3) is 0 Å². The fourth-order valence-corrected chi connectivity index (χ4v) is 0.278. The Morgan fingerprint density at radius 2 is 2.44 bits per heavy atom. The van der Waals surface area contributed by atoms with Gasteiger partial charge in [-0.25, -0.2) is 0 Å². The van der Waals surface area contributed by atoms with Crippen LogP contribution in [-0.2, 0) is 4.79 Å². The fourth-order valence-electron chi connectivity index (χ4n) is 0.278. The Morgan fingerprint density at radius 3 is 2.56 bits per heavy atom. The zero-order valence-electron chi connectivity index (χ0n) is 6.72. The van der Waals surface area contributed by atoms with Gasteiger partial charge in [-0.3, -0.25) is 4.79 Å². The van der Waals surface area contributed by atoms with Gasteiger partial charge in [-0.1, -0.05) is 6.92 Å². The van der Waals surface area contributed by atoms with Crippen LogP contribution in [-0.4, -0.2) is 17.3 Å². The third kappa shape index (κ3) is 5.61. The number of carbonyl (C=O) groups is 1. The van der Waals surface area contributed by atoms with E-state index in [0.717, 1.165) is 6.21 Å². The van der Waals surface area contributed by atoms with Crippen molar-refractivity contribution in [1.82, 2.24) is 0 Å². The van der Waals surface area contributed by atoms with Crippen LogP contribution in [0.2, 0.25) is 0 Å². The van der Waals surface area contributed by atoms with Gasteiger partial charge in [0.05, 0.1) is 5.92 Å². The third-order valence-corrected chi connectivity index (χ3v) is 0.893. The molecule has 48 valence electrons. The monoisotopic (exact) mass is 123 g/mol. The number of nitrogens with one attached hydrogen (secondary N) is 1. The molecule has 0 saturated heterocycles. The average Bonchev–Trinajstić information content (AvgIpc) is 1.67. The molecule has 0 fully saturated rings. The van der Waals surface area contributed by atoms with Crippen molar-refractivity contribution >= 4 is 12.2 Å². The van der Waals surface area contributed by atoms with E-state index in [1.54, 1.807) is 6.92 Å². The molecule has 1 atom stereocenters. The molecule has 2 N–H and O–H groups in total. The van der Waals surface area contributed by atoms with Crippen molar-refractivity contribution in [1.29, 1.82) is 5.41 Å². The van der Waals surface area contributed by atoms with Gasteiger partial charge >= 0.3 is 24.8 Å². The second-order valence-electron chi connectivity index (χ2n) is 1.68.